The standard InChI is InChI=1S/C16H22N2O2/c1-3-12-7-9-13(10-8-12)17-16(20)14(4-2)18-11-5-6-15(18)19/h7-10,14H,3-6,11H2,1-2H3,(H,17,20)/t14-/m0/s1. The predicted octanol–water partition coefficient (Wildman–Crippen LogP) is 2.59. The Bertz CT molecular complexity index is 482. The summed E-state index contributed by atoms with van der Waals surface area (Å²) in [5.41, 5.74) is 2.03. The summed E-state index contributed by atoms with van der Waals surface area (Å²) >= 11 is 0. The van der Waals surface area contributed by atoms with E-state index in [0.717, 1.165) is 18.5 Å². The lowest BCUT2D eigenvalue weighted by atomic mass is 10.1. The first kappa shape index (κ1) is 14.6. The quantitative estimate of drug-likeness (QED) is 0.897. The Hall–Kier alpha value is -1.84. The van der Waals surface area contributed by atoms with Gasteiger partial charge in [0.05, 0.1) is 0 Å². The third-order valence-corrected chi connectivity index (χ3v) is 3.81. The molecule has 0 spiro atoms. The Morgan fingerprint density at radius 1 is 1.30 bits per heavy atom. The smallest absolute Gasteiger partial charge is 0.247 e. The van der Waals surface area contributed by atoms with Crippen LogP contribution in [0.2, 0.25) is 0 Å². The average Bonchev–Trinajstić information content (AvgIpc) is 2.87. The summed E-state index contributed by atoms with van der Waals surface area (Å²) in [6, 6.07) is 7.50. The van der Waals surface area contributed by atoms with E-state index in [2.05, 4.69) is 12.2 Å². The fourth-order valence-electron chi connectivity index (χ4n) is 2.60. The van der Waals surface area contributed by atoms with Gasteiger partial charge in [0, 0.05) is 18.7 Å². The van der Waals surface area contributed by atoms with Crippen LogP contribution in [-0.2, 0) is 16.0 Å². The fraction of sp³-hybridized carbons (Fsp3) is 0.500. The molecule has 108 valence electrons. The highest BCUT2D eigenvalue weighted by atomic mass is 16.2. The van der Waals surface area contributed by atoms with Gasteiger partial charge in [-0.3, -0.25) is 9.59 Å². The van der Waals surface area contributed by atoms with E-state index in [1.807, 2.05) is 31.2 Å². The molecule has 1 heterocycles. The van der Waals surface area contributed by atoms with Gasteiger partial charge in [-0.05, 0) is 37.0 Å². The third-order valence-electron chi connectivity index (χ3n) is 3.81. The Morgan fingerprint density at radius 2 is 2.00 bits per heavy atom. The number of carbonyl (C=O) groups excluding carboxylic acids is 2. The van der Waals surface area contributed by atoms with Crippen molar-refractivity contribution in [2.45, 2.75) is 45.6 Å². The molecule has 1 N–H and O–H groups in total. The van der Waals surface area contributed by atoms with E-state index in [0.29, 0.717) is 19.4 Å². The van der Waals surface area contributed by atoms with Gasteiger partial charge in [0.1, 0.15) is 6.04 Å². The highest BCUT2D eigenvalue weighted by Crippen LogP contribution is 2.18. The van der Waals surface area contributed by atoms with Crippen molar-refractivity contribution in [2.75, 3.05) is 11.9 Å². The summed E-state index contributed by atoms with van der Waals surface area (Å²) < 4.78 is 0. The van der Waals surface area contributed by atoms with Gasteiger partial charge < -0.3 is 10.2 Å². The number of carbonyl (C=O) groups is 2. The average molecular weight is 274 g/mol. The molecule has 20 heavy (non-hydrogen) atoms. The first-order chi connectivity index (χ1) is 9.65. The summed E-state index contributed by atoms with van der Waals surface area (Å²) in [5, 5.41) is 2.91. The summed E-state index contributed by atoms with van der Waals surface area (Å²) in [6.45, 7) is 4.73. The number of amides is 2. The molecule has 0 aromatic heterocycles. The lowest BCUT2D eigenvalue weighted by Crippen LogP contribution is -2.44. The van der Waals surface area contributed by atoms with Crippen LogP contribution >= 0.6 is 0 Å². The van der Waals surface area contributed by atoms with Crippen LogP contribution in [0, 0.1) is 0 Å². The molecule has 1 aromatic carbocycles. The molecule has 4 heteroatoms. The third kappa shape index (κ3) is 3.18. The van der Waals surface area contributed by atoms with Gasteiger partial charge >= 0.3 is 0 Å². The maximum Gasteiger partial charge on any atom is 0.247 e. The number of nitrogens with zero attached hydrogens (tertiary/aromatic N) is 1. The molecule has 1 atom stereocenters. The van der Waals surface area contributed by atoms with Gasteiger partial charge in [-0.25, -0.2) is 0 Å². The van der Waals surface area contributed by atoms with Gasteiger partial charge in [0.25, 0.3) is 0 Å². The number of hydrogen-bond acceptors (Lipinski definition) is 2. The molecule has 0 unspecified atom stereocenters. The molecular weight excluding hydrogens is 252 g/mol. The zero-order valence-electron chi connectivity index (χ0n) is 12.2. The summed E-state index contributed by atoms with van der Waals surface area (Å²) in [4.78, 5) is 25.8. The normalized spacial score (nSPS) is 16.3. The largest absolute Gasteiger partial charge is 0.331 e. The van der Waals surface area contributed by atoms with Crippen molar-refractivity contribution in [1.29, 1.82) is 0 Å². The van der Waals surface area contributed by atoms with Crippen molar-refractivity contribution in [3.05, 3.63) is 29.8 Å². The molecule has 2 amide bonds. The van der Waals surface area contributed by atoms with Gasteiger partial charge in [0.2, 0.25) is 11.8 Å². The molecule has 0 radical (unpaired) electrons. The van der Waals surface area contributed by atoms with Gasteiger partial charge in [-0.1, -0.05) is 26.0 Å². The van der Waals surface area contributed by atoms with E-state index < -0.39 is 0 Å². The monoisotopic (exact) mass is 274 g/mol. The van der Waals surface area contributed by atoms with Crippen molar-refractivity contribution in [3.63, 3.8) is 0 Å². The van der Waals surface area contributed by atoms with E-state index in [9.17, 15) is 9.59 Å². The first-order valence-corrected chi connectivity index (χ1v) is 7.35. The number of hydrogen-bond donors (Lipinski definition) is 1. The molecule has 0 aliphatic carbocycles. The zero-order valence-corrected chi connectivity index (χ0v) is 12.2. The zero-order chi connectivity index (χ0) is 14.5. The van der Waals surface area contributed by atoms with Crippen LogP contribution in [0.1, 0.15) is 38.7 Å². The predicted molar refractivity (Wildman–Crippen MR) is 79.5 cm³/mol. The van der Waals surface area contributed by atoms with E-state index in [4.69, 9.17) is 0 Å². The van der Waals surface area contributed by atoms with Crippen molar-refractivity contribution in [3.8, 4) is 0 Å². The second kappa shape index (κ2) is 6.55. The van der Waals surface area contributed by atoms with E-state index >= 15 is 0 Å². The lowest BCUT2D eigenvalue weighted by Gasteiger charge is -2.25. The van der Waals surface area contributed by atoms with Crippen LogP contribution in [0.15, 0.2) is 24.3 Å². The number of benzene rings is 1. The number of aryl methyl sites for hydroxylation is 1. The highest BCUT2D eigenvalue weighted by molar-refractivity contribution is 5.97. The Morgan fingerprint density at radius 3 is 2.50 bits per heavy atom. The molecule has 4 nitrogen and oxygen atoms in total. The summed E-state index contributed by atoms with van der Waals surface area (Å²) in [7, 11) is 0. The number of likely N-dealkylation sites (tertiary alicyclic amines) is 1. The first-order valence-electron chi connectivity index (χ1n) is 7.35. The molecule has 2 rings (SSSR count). The van der Waals surface area contributed by atoms with Gasteiger partial charge in [-0.2, -0.15) is 0 Å². The molecule has 1 aromatic rings. The molecule has 1 fully saturated rings. The Balaban J connectivity index is 2.03. The molecule has 0 bridgehead atoms. The van der Waals surface area contributed by atoms with E-state index in [1.165, 1.54) is 5.56 Å². The van der Waals surface area contributed by atoms with Crippen molar-refractivity contribution in [2.24, 2.45) is 0 Å². The highest BCUT2D eigenvalue weighted by Gasteiger charge is 2.31. The molecule has 0 saturated carbocycles. The lowest BCUT2D eigenvalue weighted by molar-refractivity contribution is -0.135. The van der Waals surface area contributed by atoms with Crippen LogP contribution in [0.25, 0.3) is 0 Å². The van der Waals surface area contributed by atoms with Crippen LogP contribution < -0.4 is 5.32 Å². The van der Waals surface area contributed by atoms with Gasteiger partial charge in [0.15, 0.2) is 0 Å². The van der Waals surface area contributed by atoms with Crippen molar-refractivity contribution in [1.82, 2.24) is 4.90 Å². The second-order valence-electron chi connectivity index (χ2n) is 5.15. The second-order valence-corrected chi connectivity index (χ2v) is 5.15. The van der Waals surface area contributed by atoms with Crippen molar-refractivity contribution >= 4 is 17.5 Å². The topological polar surface area (TPSA) is 49.4 Å². The Labute approximate surface area is 120 Å². The fourth-order valence-corrected chi connectivity index (χ4v) is 2.60. The van der Waals surface area contributed by atoms with E-state index in [-0.39, 0.29) is 17.9 Å². The summed E-state index contributed by atoms with van der Waals surface area (Å²) in [5.74, 6) is 0.000305. The van der Waals surface area contributed by atoms with E-state index in [1.54, 1.807) is 4.90 Å². The Kier molecular flexibility index (Phi) is 4.77. The molecule has 1 saturated heterocycles. The number of nitrogens with one attached hydrogen (secondary N) is 1. The minimum Gasteiger partial charge on any atom is -0.331 e. The van der Waals surface area contributed by atoms with Crippen LogP contribution in [-0.4, -0.2) is 29.3 Å². The van der Waals surface area contributed by atoms with Crippen LogP contribution in [0.4, 0.5) is 5.69 Å². The maximum atomic E-state index is 12.3. The SMILES string of the molecule is CCc1ccc(NC(=O)[C@H](CC)N2CCCC2=O)cc1. The maximum absolute atomic E-state index is 12.3. The molecular formula is C16H22N2O2. The minimum absolute atomic E-state index is 0.0907. The van der Waals surface area contributed by atoms with Gasteiger partial charge in [-0.15, -0.1) is 0 Å². The molecule has 1 aliphatic heterocycles. The summed E-state index contributed by atoms with van der Waals surface area (Å²) in [6.07, 6.45) is 3.04. The van der Waals surface area contributed by atoms with Crippen molar-refractivity contribution < 1.29 is 9.59 Å². The number of rotatable bonds is 5. The minimum atomic E-state index is -0.351. The van der Waals surface area contributed by atoms with Crippen LogP contribution in [0.5, 0.6) is 0 Å². The van der Waals surface area contributed by atoms with Crippen LogP contribution in [0.3, 0.4) is 0 Å². The number of anilines is 1. The molecule has 1 aliphatic rings.